The van der Waals surface area contributed by atoms with Crippen LogP contribution in [0.3, 0.4) is 0 Å². The van der Waals surface area contributed by atoms with E-state index in [1.165, 1.54) is 0 Å². The number of nitrogens with zero attached hydrogens (tertiary/aromatic N) is 1. The Kier molecular flexibility index (Phi) is 5.75. The van der Waals surface area contributed by atoms with Crippen molar-refractivity contribution >= 4 is 29.3 Å². The van der Waals surface area contributed by atoms with Crippen LogP contribution >= 0.6 is 11.6 Å². The summed E-state index contributed by atoms with van der Waals surface area (Å²) in [6.45, 7) is 3.08. The Hall–Kier alpha value is -2.08. The molecule has 3 rings (SSSR count). The Labute approximate surface area is 164 Å². The van der Waals surface area contributed by atoms with Crippen molar-refractivity contribution in [2.75, 3.05) is 20.2 Å². The molecule has 0 aromatic heterocycles. The molecule has 6 nitrogen and oxygen atoms in total. The molecule has 146 valence electrons. The molecule has 0 aliphatic carbocycles. The zero-order valence-corrected chi connectivity index (χ0v) is 16.5. The van der Waals surface area contributed by atoms with Gasteiger partial charge in [0.1, 0.15) is 5.75 Å². The summed E-state index contributed by atoms with van der Waals surface area (Å²) in [6, 6.07) is 5.63. The van der Waals surface area contributed by atoms with Crippen LogP contribution in [0.2, 0.25) is 5.02 Å². The lowest BCUT2D eigenvalue weighted by Gasteiger charge is -2.33. The minimum atomic E-state index is -0.765. The molecule has 2 aliphatic rings. The van der Waals surface area contributed by atoms with Crippen molar-refractivity contribution < 1.29 is 19.1 Å². The number of halogens is 1. The molecular weight excluding hydrogens is 368 g/mol. The number of hydrogen-bond donors (Lipinski definition) is 1. The summed E-state index contributed by atoms with van der Waals surface area (Å²) >= 11 is 6.13. The Balaban J connectivity index is 1.55. The van der Waals surface area contributed by atoms with E-state index in [0.29, 0.717) is 30.5 Å². The van der Waals surface area contributed by atoms with Gasteiger partial charge >= 0.3 is 0 Å². The molecule has 7 heteroatoms. The van der Waals surface area contributed by atoms with Gasteiger partial charge in [0.2, 0.25) is 17.7 Å². The normalized spacial score (nSPS) is 23.4. The van der Waals surface area contributed by atoms with Crippen LogP contribution in [0.15, 0.2) is 18.2 Å². The molecule has 0 radical (unpaired) electrons. The van der Waals surface area contributed by atoms with Crippen LogP contribution in [-0.4, -0.2) is 42.8 Å². The second kappa shape index (κ2) is 7.89. The van der Waals surface area contributed by atoms with Crippen LogP contribution in [0, 0.1) is 5.41 Å². The molecule has 1 aromatic rings. The van der Waals surface area contributed by atoms with Crippen molar-refractivity contribution in [2.45, 2.75) is 44.9 Å². The summed E-state index contributed by atoms with van der Waals surface area (Å²) in [5.74, 6) is 0.644. The molecule has 2 heterocycles. The molecule has 0 spiro atoms. The van der Waals surface area contributed by atoms with E-state index in [4.69, 9.17) is 16.3 Å². The minimum Gasteiger partial charge on any atom is -0.496 e. The number of carbonyl (C=O) groups is 3. The predicted molar refractivity (Wildman–Crippen MR) is 102 cm³/mol. The number of amides is 3. The fourth-order valence-electron chi connectivity index (χ4n) is 3.96. The number of hydrogen-bond acceptors (Lipinski definition) is 4. The van der Waals surface area contributed by atoms with Crippen molar-refractivity contribution in [2.24, 2.45) is 5.41 Å². The number of ether oxygens (including phenoxy) is 1. The third-order valence-corrected chi connectivity index (χ3v) is 5.96. The zero-order valence-electron chi connectivity index (χ0n) is 15.7. The number of imide groups is 1. The number of likely N-dealkylation sites (tertiary alicyclic amines) is 1. The highest BCUT2D eigenvalue weighted by Gasteiger charge is 2.42. The standard InChI is InChI=1S/C20H25ClN2O4/c1-20(12-17(24)22-19(20)26)8-5-18(25)23-9-6-13(7-10-23)15-11-14(21)3-4-16(15)27-2/h3-4,11,13H,5-10,12H2,1-2H3,(H,22,24,26). The summed E-state index contributed by atoms with van der Waals surface area (Å²) in [5, 5.41) is 3.01. The van der Waals surface area contributed by atoms with Gasteiger partial charge < -0.3 is 9.64 Å². The summed E-state index contributed by atoms with van der Waals surface area (Å²) < 4.78 is 5.45. The van der Waals surface area contributed by atoms with Crippen LogP contribution < -0.4 is 10.1 Å². The van der Waals surface area contributed by atoms with Crippen molar-refractivity contribution in [3.63, 3.8) is 0 Å². The first-order valence-electron chi connectivity index (χ1n) is 9.28. The average Bonchev–Trinajstić information content (AvgIpc) is 2.92. The summed E-state index contributed by atoms with van der Waals surface area (Å²) in [5.41, 5.74) is 0.324. The molecule has 1 aromatic carbocycles. The maximum absolute atomic E-state index is 12.6. The summed E-state index contributed by atoms with van der Waals surface area (Å²) in [7, 11) is 1.65. The highest BCUT2D eigenvalue weighted by molar-refractivity contribution is 6.30. The molecule has 1 N–H and O–H groups in total. The minimum absolute atomic E-state index is 0.0416. The molecule has 1 atom stereocenters. The van der Waals surface area contributed by atoms with Gasteiger partial charge in [-0.2, -0.15) is 0 Å². The van der Waals surface area contributed by atoms with E-state index >= 15 is 0 Å². The molecule has 27 heavy (non-hydrogen) atoms. The monoisotopic (exact) mass is 392 g/mol. The molecule has 2 fully saturated rings. The first-order chi connectivity index (χ1) is 12.8. The lowest BCUT2D eigenvalue weighted by Crippen LogP contribution is -2.39. The SMILES string of the molecule is COc1ccc(Cl)cc1C1CCN(C(=O)CCC2(C)CC(=O)NC2=O)CC1. The first kappa shape index (κ1) is 19.7. The van der Waals surface area contributed by atoms with Crippen LogP contribution in [0.25, 0.3) is 0 Å². The zero-order chi connectivity index (χ0) is 19.6. The van der Waals surface area contributed by atoms with Crippen LogP contribution in [0.4, 0.5) is 0 Å². The second-order valence-corrected chi connectivity index (χ2v) is 8.09. The number of nitrogens with one attached hydrogen (secondary N) is 1. The molecular formula is C20H25ClN2O4. The van der Waals surface area contributed by atoms with Crippen molar-refractivity contribution in [1.29, 1.82) is 0 Å². The van der Waals surface area contributed by atoms with Gasteiger partial charge in [-0.3, -0.25) is 19.7 Å². The van der Waals surface area contributed by atoms with Gasteiger partial charge in [-0.15, -0.1) is 0 Å². The highest BCUT2D eigenvalue weighted by atomic mass is 35.5. The topological polar surface area (TPSA) is 75.7 Å². The quantitative estimate of drug-likeness (QED) is 0.782. The summed E-state index contributed by atoms with van der Waals surface area (Å²) in [4.78, 5) is 37.7. The molecule has 0 saturated carbocycles. The third-order valence-electron chi connectivity index (χ3n) is 5.72. The van der Waals surface area contributed by atoms with Crippen LogP contribution in [0.5, 0.6) is 5.75 Å². The van der Waals surface area contributed by atoms with Crippen molar-refractivity contribution in [3.05, 3.63) is 28.8 Å². The van der Waals surface area contributed by atoms with Crippen LogP contribution in [-0.2, 0) is 14.4 Å². The third kappa shape index (κ3) is 4.26. The number of rotatable bonds is 5. The van der Waals surface area contributed by atoms with E-state index in [1.807, 2.05) is 23.1 Å². The molecule has 1 unspecified atom stereocenters. The van der Waals surface area contributed by atoms with Gasteiger partial charge in [0.25, 0.3) is 0 Å². The number of piperidine rings is 1. The average molecular weight is 393 g/mol. The van der Waals surface area contributed by atoms with E-state index < -0.39 is 5.41 Å². The van der Waals surface area contributed by atoms with E-state index in [0.717, 1.165) is 24.2 Å². The lowest BCUT2D eigenvalue weighted by molar-refractivity contribution is -0.133. The largest absolute Gasteiger partial charge is 0.496 e. The molecule has 2 saturated heterocycles. The van der Waals surface area contributed by atoms with Gasteiger partial charge in [-0.05, 0) is 48.9 Å². The fourth-order valence-corrected chi connectivity index (χ4v) is 4.14. The Morgan fingerprint density at radius 2 is 2.04 bits per heavy atom. The van der Waals surface area contributed by atoms with Gasteiger partial charge in [0.15, 0.2) is 0 Å². The van der Waals surface area contributed by atoms with Crippen molar-refractivity contribution in [3.8, 4) is 5.75 Å². The van der Waals surface area contributed by atoms with E-state index in [-0.39, 0.29) is 30.6 Å². The summed E-state index contributed by atoms with van der Waals surface area (Å²) in [6.07, 6.45) is 2.53. The maximum Gasteiger partial charge on any atom is 0.233 e. The Morgan fingerprint density at radius 1 is 1.33 bits per heavy atom. The molecule has 0 bridgehead atoms. The second-order valence-electron chi connectivity index (χ2n) is 7.66. The van der Waals surface area contributed by atoms with E-state index in [2.05, 4.69) is 5.32 Å². The molecule has 2 aliphatic heterocycles. The van der Waals surface area contributed by atoms with Gasteiger partial charge in [0, 0.05) is 31.0 Å². The van der Waals surface area contributed by atoms with Crippen LogP contribution in [0.1, 0.15) is 50.5 Å². The first-order valence-corrected chi connectivity index (χ1v) is 9.66. The highest BCUT2D eigenvalue weighted by Crippen LogP contribution is 2.37. The molecule has 3 amide bonds. The number of methoxy groups -OCH3 is 1. The van der Waals surface area contributed by atoms with Gasteiger partial charge in [-0.25, -0.2) is 0 Å². The van der Waals surface area contributed by atoms with Gasteiger partial charge in [-0.1, -0.05) is 18.5 Å². The van der Waals surface area contributed by atoms with E-state index in [1.54, 1.807) is 14.0 Å². The van der Waals surface area contributed by atoms with Gasteiger partial charge in [0.05, 0.1) is 12.5 Å². The van der Waals surface area contributed by atoms with Crippen molar-refractivity contribution in [1.82, 2.24) is 10.2 Å². The van der Waals surface area contributed by atoms with E-state index in [9.17, 15) is 14.4 Å². The Morgan fingerprint density at radius 3 is 2.63 bits per heavy atom. The predicted octanol–water partition coefficient (Wildman–Crippen LogP) is 2.89. The number of carbonyl (C=O) groups excluding carboxylic acids is 3. The Bertz CT molecular complexity index is 758. The lowest BCUT2D eigenvalue weighted by atomic mass is 9.83. The maximum atomic E-state index is 12.6. The number of benzene rings is 1. The smallest absolute Gasteiger partial charge is 0.233 e. The fraction of sp³-hybridized carbons (Fsp3) is 0.550.